The Labute approximate surface area is 107 Å². The molecule has 0 fully saturated rings. The van der Waals surface area contributed by atoms with E-state index in [0.717, 1.165) is 9.13 Å². The second kappa shape index (κ2) is 4.29. The van der Waals surface area contributed by atoms with E-state index in [0.29, 0.717) is 16.9 Å². The lowest BCUT2D eigenvalue weighted by molar-refractivity contribution is 0.631. The van der Waals surface area contributed by atoms with E-state index in [4.69, 9.17) is 11.5 Å². The molecule has 0 aromatic heterocycles. The third-order valence-corrected chi connectivity index (χ3v) is 3.11. The van der Waals surface area contributed by atoms with Crippen molar-refractivity contribution in [2.45, 2.75) is 0 Å². The van der Waals surface area contributed by atoms with Gasteiger partial charge in [-0.1, -0.05) is 12.1 Å². The van der Waals surface area contributed by atoms with Gasteiger partial charge in [0, 0.05) is 20.5 Å². The lowest BCUT2D eigenvalue weighted by Gasteiger charge is -2.08. The Balaban J connectivity index is 2.60. The maximum Gasteiger partial charge on any atom is 0.134 e. The highest BCUT2D eigenvalue weighted by atomic mass is 127. The van der Waals surface area contributed by atoms with Crippen molar-refractivity contribution in [3.8, 4) is 11.1 Å². The Morgan fingerprint density at radius 1 is 0.938 bits per heavy atom. The summed E-state index contributed by atoms with van der Waals surface area (Å²) < 4.78 is 14.6. The molecule has 4 heteroatoms. The first-order chi connectivity index (χ1) is 7.58. The van der Waals surface area contributed by atoms with Gasteiger partial charge in [0.15, 0.2) is 0 Å². The molecule has 82 valence electrons. The highest BCUT2D eigenvalue weighted by molar-refractivity contribution is 14.1. The summed E-state index contributed by atoms with van der Waals surface area (Å²) in [5, 5.41) is 0. The van der Waals surface area contributed by atoms with Crippen molar-refractivity contribution in [3.05, 3.63) is 45.8 Å². The highest BCUT2D eigenvalue weighted by Gasteiger charge is 2.10. The van der Waals surface area contributed by atoms with Crippen LogP contribution in [0, 0.1) is 9.39 Å². The molecule has 2 rings (SSSR count). The summed E-state index contributed by atoms with van der Waals surface area (Å²) in [7, 11) is 0. The lowest BCUT2D eigenvalue weighted by atomic mass is 10.0. The van der Waals surface area contributed by atoms with Gasteiger partial charge in [-0.3, -0.25) is 0 Å². The molecular weight excluding hydrogens is 318 g/mol. The van der Waals surface area contributed by atoms with Gasteiger partial charge in [0.25, 0.3) is 0 Å². The maximum atomic E-state index is 13.8. The molecule has 16 heavy (non-hydrogen) atoms. The average molecular weight is 328 g/mol. The van der Waals surface area contributed by atoms with Gasteiger partial charge in [-0.05, 0) is 52.4 Å². The molecule has 0 spiro atoms. The van der Waals surface area contributed by atoms with E-state index in [1.54, 1.807) is 30.3 Å². The van der Waals surface area contributed by atoms with Gasteiger partial charge in [0.2, 0.25) is 0 Å². The standard InChI is InChI=1S/C12H10FIN2/c13-10-5-9(16)6-11(14)12(10)7-1-3-8(15)4-2-7/h1-6H,15-16H2. The predicted molar refractivity (Wildman–Crippen MR) is 73.4 cm³/mol. The largest absolute Gasteiger partial charge is 0.399 e. The van der Waals surface area contributed by atoms with Gasteiger partial charge in [0.1, 0.15) is 5.82 Å². The summed E-state index contributed by atoms with van der Waals surface area (Å²) in [4.78, 5) is 0. The van der Waals surface area contributed by atoms with E-state index in [1.807, 2.05) is 0 Å². The van der Waals surface area contributed by atoms with Crippen LogP contribution in [0.25, 0.3) is 11.1 Å². The van der Waals surface area contributed by atoms with E-state index >= 15 is 0 Å². The number of nitrogen functional groups attached to an aromatic ring is 2. The molecule has 0 aliphatic carbocycles. The first-order valence-corrected chi connectivity index (χ1v) is 5.76. The zero-order chi connectivity index (χ0) is 11.7. The molecule has 0 saturated carbocycles. The number of rotatable bonds is 1. The Bertz CT molecular complexity index is 500. The highest BCUT2D eigenvalue weighted by Crippen LogP contribution is 2.30. The van der Waals surface area contributed by atoms with Crippen molar-refractivity contribution in [2.75, 3.05) is 11.5 Å². The molecule has 2 nitrogen and oxygen atoms in total. The van der Waals surface area contributed by atoms with Crippen LogP contribution in [-0.2, 0) is 0 Å². The fourth-order valence-electron chi connectivity index (χ4n) is 1.52. The number of anilines is 2. The lowest BCUT2D eigenvalue weighted by Crippen LogP contribution is -1.94. The van der Waals surface area contributed by atoms with Crippen LogP contribution in [0.1, 0.15) is 0 Å². The minimum atomic E-state index is -0.311. The van der Waals surface area contributed by atoms with Crippen LogP contribution in [0.4, 0.5) is 15.8 Å². The second-order valence-electron chi connectivity index (χ2n) is 3.48. The zero-order valence-electron chi connectivity index (χ0n) is 8.37. The smallest absolute Gasteiger partial charge is 0.134 e. The topological polar surface area (TPSA) is 52.0 Å². The minimum absolute atomic E-state index is 0.311. The van der Waals surface area contributed by atoms with Crippen molar-refractivity contribution in [1.29, 1.82) is 0 Å². The molecule has 0 radical (unpaired) electrons. The fraction of sp³-hybridized carbons (Fsp3) is 0. The number of nitrogens with two attached hydrogens (primary N) is 2. The van der Waals surface area contributed by atoms with Crippen LogP contribution in [0.2, 0.25) is 0 Å². The summed E-state index contributed by atoms with van der Waals surface area (Å²) in [6, 6.07) is 10.2. The van der Waals surface area contributed by atoms with Gasteiger partial charge in [-0.25, -0.2) is 4.39 Å². The third kappa shape index (κ3) is 2.11. The maximum absolute atomic E-state index is 13.8. The first kappa shape index (κ1) is 11.2. The van der Waals surface area contributed by atoms with Crippen LogP contribution in [0.3, 0.4) is 0 Å². The van der Waals surface area contributed by atoms with Crippen molar-refractivity contribution < 1.29 is 4.39 Å². The van der Waals surface area contributed by atoms with E-state index in [-0.39, 0.29) is 5.82 Å². The molecular formula is C12H10FIN2. The molecule has 0 bridgehead atoms. The molecule has 0 amide bonds. The predicted octanol–water partition coefficient (Wildman–Crippen LogP) is 3.26. The fourth-order valence-corrected chi connectivity index (χ4v) is 2.45. The van der Waals surface area contributed by atoms with Crippen molar-refractivity contribution in [3.63, 3.8) is 0 Å². The van der Waals surface area contributed by atoms with E-state index in [2.05, 4.69) is 22.6 Å². The minimum Gasteiger partial charge on any atom is -0.399 e. The molecule has 4 N–H and O–H groups in total. The summed E-state index contributed by atoms with van der Waals surface area (Å²) in [6.45, 7) is 0. The van der Waals surface area contributed by atoms with E-state index in [1.165, 1.54) is 6.07 Å². The molecule has 0 atom stereocenters. The van der Waals surface area contributed by atoms with Gasteiger partial charge < -0.3 is 11.5 Å². The molecule has 0 unspecified atom stereocenters. The Kier molecular flexibility index (Phi) is 3.00. The summed E-state index contributed by atoms with van der Waals surface area (Å²) in [6.07, 6.45) is 0. The molecule has 0 aliphatic rings. The van der Waals surface area contributed by atoms with Crippen LogP contribution < -0.4 is 11.5 Å². The Hall–Kier alpha value is -1.30. The van der Waals surface area contributed by atoms with Gasteiger partial charge in [-0.2, -0.15) is 0 Å². The second-order valence-corrected chi connectivity index (χ2v) is 4.64. The Morgan fingerprint density at radius 3 is 2.12 bits per heavy atom. The zero-order valence-corrected chi connectivity index (χ0v) is 10.5. The van der Waals surface area contributed by atoms with Gasteiger partial charge in [-0.15, -0.1) is 0 Å². The van der Waals surface area contributed by atoms with Crippen LogP contribution in [0.5, 0.6) is 0 Å². The molecule has 0 saturated heterocycles. The van der Waals surface area contributed by atoms with Gasteiger partial charge >= 0.3 is 0 Å². The molecule has 0 aliphatic heterocycles. The van der Waals surface area contributed by atoms with Crippen molar-refractivity contribution in [2.24, 2.45) is 0 Å². The van der Waals surface area contributed by atoms with Crippen molar-refractivity contribution >= 4 is 34.0 Å². The summed E-state index contributed by atoms with van der Waals surface area (Å²) in [5.74, 6) is -0.311. The first-order valence-electron chi connectivity index (χ1n) is 4.68. The number of benzene rings is 2. The van der Waals surface area contributed by atoms with Crippen LogP contribution in [0.15, 0.2) is 36.4 Å². The average Bonchev–Trinajstić information content (AvgIpc) is 2.19. The van der Waals surface area contributed by atoms with Crippen molar-refractivity contribution in [1.82, 2.24) is 0 Å². The van der Waals surface area contributed by atoms with E-state index in [9.17, 15) is 4.39 Å². The third-order valence-electron chi connectivity index (χ3n) is 2.26. The quantitative estimate of drug-likeness (QED) is 0.624. The van der Waals surface area contributed by atoms with Gasteiger partial charge in [0.05, 0.1) is 0 Å². The van der Waals surface area contributed by atoms with Crippen LogP contribution in [-0.4, -0.2) is 0 Å². The number of hydrogen-bond donors (Lipinski definition) is 2. The van der Waals surface area contributed by atoms with Crippen LogP contribution >= 0.6 is 22.6 Å². The summed E-state index contributed by atoms with van der Waals surface area (Å²) in [5.41, 5.74) is 13.6. The molecule has 2 aromatic carbocycles. The molecule has 0 heterocycles. The monoisotopic (exact) mass is 328 g/mol. The SMILES string of the molecule is Nc1ccc(-c2c(F)cc(N)cc2I)cc1. The normalized spacial score (nSPS) is 10.4. The number of hydrogen-bond acceptors (Lipinski definition) is 2. The number of halogens is 2. The summed E-state index contributed by atoms with van der Waals surface area (Å²) >= 11 is 2.07. The molecule has 2 aromatic rings. The Morgan fingerprint density at radius 2 is 1.56 bits per heavy atom. The van der Waals surface area contributed by atoms with E-state index < -0.39 is 0 Å².